The van der Waals surface area contributed by atoms with Crippen LogP contribution in [0.1, 0.15) is 11.4 Å². The first-order valence-corrected chi connectivity index (χ1v) is 8.33. The minimum atomic E-state index is 0.678. The maximum Gasteiger partial charge on any atom is 0.184 e. The molecule has 23 heavy (non-hydrogen) atoms. The first kappa shape index (κ1) is 14.0. The second kappa shape index (κ2) is 5.89. The molecule has 2 N–H and O–H groups in total. The predicted molar refractivity (Wildman–Crippen MR) is 92.2 cm³/mol. The maximum absolute atomic E-state index is 4.03. The summed E-state index contributed by atoms with van der Waals surface area (Å²) >= 11 is 1.73. The number of hydrogen-bond donors (Lipinski definition) is 2. The number of nitrogens with one attached hydrogen (secondary N) is 2. The Morgan fingerprint density at radius 1 is 1.09 bits per heavy atom. The number of hydrogen-bond acceptors (Lipinski definition) is 4. The number of tetrazole rings is 1. The number of aromatic amines is 2. The monoisotopic (exact) mass is 321 g/mol. The number of benzene rings is 2. The van der Waals surface area contributed by atoms with Crippen LogP contribution < -0.4 is 0 Å². The van der Waals surface area contributed by atoms with Gasteiger partial charge in [-0.3, -0.25) is 0 Å². The van der Waals surface area contributed by atoms with Crippen LogP contribution in [-0.2, 0) is 5.75 Å². The molecule has 0 fully saturated rings. The van der Waals surface area contributed by atoms with Crippen molar-refractivity contribution >= 4 is 22.7 Å². The molecule has 0 amide bonds. The van der Waals surface area contributed by atoms with Gasteiger partial charge in [-0.05, 0) is 24.1 Å². The molecule has 0 saturated heterocycles. The summed E-state index contributed by atoms with van der Waals surface area (Å²) in [5.41, 5.74) is 4.71. The number of aryl methyl sites for hydroxylation is 1. The van der Waals surface area contributed by atoms with Gasteiger partial charge in [-0.15, -0.1) is 22.0 Å². The fourth-order valence-corrected chi connectivity index (χ4v) is 3.67. The zero-order valence-electron chi connectivity index (χ0n) is 12.6. The average molecular weight is 321 g/mol. The van der Waals surface area contributed by atoms with Gasteiger partial charge in [0.25, 0.3) is 0 Å². The lowest BCUT2D eigenvalue weighted by atomic mass is 10.1. The van der Waals surface area contributed by atoms with Crippen molar-refractivity contribution in [1.29, 1.82) is 0 Å². The summed E-state index contributed by atoms with van der Waals surface area (Å²) in [6.07, 6.45) is 0. The number of H-pyrrole nitrogens is 2. The van der Waals surface area contributed by atoms with E-state index < -0.39 is 0 Å². The Morgan fingerprint density at radius 2 is 1.96 bits per heavy atom. The molecule has 0 bridgehead atoms. The van der Waals surface area contributed by atoms with Gasteiger partial charge in [-0.2, -0.15) is 5.21 Å². The second-order valence-electron chi connectivity index (χ2n) is 5.36. The Balaban J connectivity index is 1.81. The van der Waals surface area contributed by atoms with E-state index in [2.05, 4.69) is 75.0 Å². The zero-order valence-corrected chi connectivity index (χ0v) is 13.4. The third-order valence-electron chi connectivity index (χ3n) is 3.70. The van der Waals surface area contributed by atoms with Crippen LogP contribution in [0.25, 0.3) is 22.2 Å². The topological polar surface area (TPSA) is 70.2 Å². The molecular formula is C17H15N5S. The molecule has 2 aromatic heterocycles. The van der Waals surface area contributed by atoms with Gasteiger partial charge < -0.3 is 4.98 Å². The molecule has 6 heteroatoms. The van der Waals surface area contributed by atoms with E-state index in [0.29, 0.717) is 11.6 Å². The molecular weight excluding hydrogens is 306 g/mol. The fraction of sp³-hybridized carbons (Fsp3) is 0.118. The molecule has 5 nitrogen and oxygen atoms in total. The summed E-state index contributed by atoms with van der Waals surface area (Å²) in [4.78, 5) is 4.78. The van der Waals surface area contributed by atoms with Crippen LogP contribution >= 0.6 is 11.8 Å². The highest BCUT2D eigenvalue weighted by atomic mass is 32.2. The van der Waals surface area contributed by atoms with E-state index in [-0.39, 0.29) is 0 Å². The van der Waals surface area contributed by atoms with Crippen molar-refractivity contribution in [3.63, 3.8) is 0 Å². The summed E-state index contributed by atoms with van der Waals surface area (Å²) < 4.78 is 0. The highest BCUT2D eigenvalue weighted by molar-refractivity contribution is 7.98. The van der Waals surface area contributed by atoms with E-state index in [0.717, 1.165) is 11.2 Å². The van der Waals surface area contributed by atoms with E-state index in [4.69, 9.17) is 0 Å². The molecule has 4 rings (SSSR count). The van der Waals surface area contributed by atoms with E-state index in [1.807, 2.05) is 6.07 Å². The molecule has 0 aliphatic carbocycles. The Hall–Kier alpha value is -2.60. The number of aromatic nitrogens is 5. The van der Waals surface area contributed by atoms with Gasteiger partial charge in [-0.25, -0.2) is 0 Å². The summed E-state index contributed by atoms with van der Waals surface area (Å²) in [5.74, 6) is 1.38. The quantitative estimate of drug-likeness (QED) is 0.558. The van der Waals surface area contributed by atoms with Gasteiger partial charge >= 0.3 is 0 Å². The highest BCUT2D eigenvalue weighted by Crippen LogP contribution is 2.38. The summed E-state index contributed by atoms with van der Waals surface area (Å²) in [6.45, 7) is 2.11. The van der Waals surface area contributed by atoms with Crippen molar-refractivity contribution in [2.45, 2.75) is 17.6 Å². The number of rotatable bonds is 4. The van der Waals surface area contributed by atoms with Gasteiger partial charge in [0.15, 0.2) is 5.82 Å². The van der Waals surface area contributed by atoms with Crippen LogP contribution in [0.4, 0.5) is 0 Å². The maximum atomic E-state index is 4.03. The molecule has 0 aliphatic heterocycles. The lowest BCUT2D eigenvalue weighted by Gasteiger charge is -2.03. The third kappa shape index (κ3) is 2.73. The van der Waals surface area contributed by atoms with E-state index >= 15 is 0 Å². The van der Waals surface area contributed by atoms with Crippen LogP contribution in [0.2, 0.25) is 0 Å². The van der Waals surface area contributed by atoms with Crippen molar-refractivity contribution in [2.75, 3.05) is 0 Å². The van der Waals surface area contributed by atoms with Crippen molar-refractivity contribution in [1.82, 2.24) is 25.6 Å². The zero-order chi connectivity index (χ0) is 15.6. The van der Waals surface area contributed by atoms with Gasteiger partial charge in [0.05, 0.1) is 11.4 Å². The summed E-state index contributed by atoms with van der Waals surface area (Å²) in [7, 11) is 0. The molecule has 2 aromatic carbocycles. The second-order valence-corrected chi connectivity index (χ2v) is 6.35. The van der Waals surface area contributed by atoms with E-state index in [1.165, 1.54) is 21.4 Å². The Labute approximate surface area is 137 Å². The lowest BCUT2D eigenvalue weighted by Crippen LogP contribution is -1.85. The predicted octanol–water partition coefficient (Wildman–Crippen LogP) is 3.95. The molecule has 0 atom stereocenters. The third-order valence-corrected chi connectivity index (χ3v) is 4.82. The smallest absolute Gasteiger partial charge is 0.184 e. The number of fused-ring (bicyclic) bond motifs is 1. The molecule has 0 radical (unpaired) electrons. The molecule has 0 aliphatic rings. The SMILES string of the molecule is Cc1ccc2c(SCc3nn[nH]n3)c(-c3ccccc3)[nH]c2c1. The van der Waals surface area contributed by atoms with Crippen LogP contribution in [-0.4, -0.2) is 25.6 Å². The summed E-state index contributed by atoms with van der Waals surface area (Å²) in [6, 6.07) is 16.9. The molecule has 0 saturated carbocycles. The van der Waals surface area contributed by atoms with Crippen molar-refractivity contribution in [3.8, 4) is 11.3 Å². The molecule has 0 unspecified atom stereocenters. The van der Waals surface area contributed by atoms with Crippen LogP contribution in [0.3, 0.4) is 0 Å². The largest absolute Gasteiger partial charge is 0.354 e. The van der Waals surface area contributed by atoms with Crippen LogP contribution in [0.5, 0.6) is 0 Å². The van der Waals surface area contributed by atoms with Gasteiger partial charge in [-0.1, -0.05) is 47.7 Å². The average Bonchev–Trinajstić information content (AvgIpc) is 3.20. The van der Waals surface area contributed by atoms with E-state index in [1.54, 1.807) is 11.8 Å². The minimum absolute atomic E-state index is 0.678. The van der Waals surface area contributed by atoms with Crippen LogP contribution in [0, 0.1) is 6.92 Å². The standard InChI is InChI=1S/C17H15N5S/c1-11-7-8-13-14(9-11)18-16(12-5-3-2-4-6-12)17(13)23-10-15-19-21-22-20-15/h2-9,18H,10H2,1H3,(H,19,20,21,22). The Kier molecular flexibility index (Phi) is 3.59. The van der Waals surface area contributed by atoms with Gasteiger partial charge in [0, 0.05) is 15.8 Å². The highest BCUT2D eigenvalue weighted by Gasteiger charge is 2.14. The first-order valence-electron chi connectivity index (χ1n) is 7.34. The fourth-order valence-electron chi connectivity index (χ4n) is 2.62. The van der Waals surface area contributed by atoms with Crippen molar-refractivity contribution in [2.24, 2.45) is 0 Å². The van der Waals surface area contributed by atoms with E-state index in [9.17, 15) is 0 Å². The summed E-state index contributed by atoms with van der Waals surface area (Å²) in [5, 5.41) is 15.4. The first-order chi connectivity index (χ1) is 11.3. The number of nitrogens with zero attached hydrogens (tertiary/aromatic N) is 3. The van der Waals surface area contributed by atoms with Crippen LogP contribution in [0.15, 0.2) is 53.4 Å². The van der Waals surface area contributed by atoms with Gasteiger partial charge in [0.1, 0.15) is 0 Å². The lowest BCUT2D eigenvalue weighted by molar-refractivity contribution is 0.881. The molecule has 4 aromatic rings. The normalized spacial score (nSPS) is 11.2. The minimum Gasteiger partial charge on any atom is -0.354 e. The van der Waals surface area contributed by atoms with Gasteiger partial charge in [0.2, 0.25) is 0 Å². The van der Waals surface area contributed by atoms with Crippen molar-refractivity contribution < 1.29 is 0 Å². The van der Waals surface area contributed by atoms with Crippen molar-refractivity contribution in [3.05, 3.63) is 59.9 Å². The number of thioether (sulfide) groups is 1. The Morgan fingerprint density at radius 3 is 2.74 bits per heavy atom. The molecule has 0 spiro atoms. The molecule has 114 valence electrons. The Bertz CT molecular complexity index is 928. The molecule has 2 heterocycles.